The predicted molar refractivity (Wildman–Crippen MR) is 68.1 cm³/mol. The maximum Gasteiger partial charge on any atom is 0.155 e. The number of para-hydroxylation sites is 1. The van der Waals surface area contributed by atoms with Crippen LogP contribution >= 0.6 is 0 Å². The summed E-state index contributed by atoms with van der Waals surface area (Å²) in [6, 6.07) is 7.85. The minimum Gasteiger partial charge on any atom is -0.496 e. The minimum atomic E-state index is -0.175. The summed E-state index contributed by atoms with van der Waals surface area (Å²) >= 11 is 0. The molecular formula is C14H22O3. The van der Waals surface area contributed by atoms with Gasteiger partial charge in [0.1, 0.15) is 5.75 Å². The van der Waals surface area contributed by atoms with Gasteiger partial charge in [0.25, 0.3) is 0 Å². The molecule has 0 aromatic heterocycles. The molecule has 0 aliphatic rings. The highest BCUT2D eigenvalue weighted by molar-refractivity contribution is 5.32. The molecule has 0 N–H and O–H groups in total. The predicted octanol–water partition coefficient (Wildman–Crippen LogP) is 3.37. The van der Waals surface area contributed by atoms with Gasteiger partial charge in [0.2, 0.25) is 0 Å². The van der Waals surface area contributed by atoms with Gasteiger partial charge in [-0.15, -0.1) is 0 Å². The Bertz CT molecular complexity index is 312. The van der Waals surface area contributed by atoms with Crippen LogP contribution in [0, 0.1) is 0 Å². The van der Waals surface area contributed by atoms with Crippen molar-refractivity contribution in [3.8, 4) is 5.75 Å². The van der Waals surface area contributed by atoms with Gasteiger partial charge in [0.15, 0.2) is 6.29 Å². The third kappa shape index (κ3) is 5.20. The van der Waals surface area contributed by atoms with Crippen molar-refractivity contribution < 1.29 is 14.2 Å². The van der Waals surface area contributed by atoms with Crippen molar-refractivity contribution in [3.63, 3.8) is 0 Å². The van der Waals surface area contributed by atoms with E-state index in [1.807, 2.05) is 31.2 Å². The lowest BCUT2D eigenvalue weighted by molar-refractivity contribution is -0.138. The Balaban J connectivity index is 2.33. The average Bonchev–Trinajstić information content (AvgIpc) is 2.37. The topological polar surface area (TPSA) is 27.7 Å². The van der Waals surface area contributed by atoms with Crippen molar-refractivity contribution in [1.82, 2.24) is 0 Å². The van der Waals surface area contributed by atoms with E-state index >= 15 is 0 Å². The summed E-state index contributed by atoms with van der Waals surface area (Å²) in [4.78, 5) is 0. The number of rotatable bonds is 8. The molecule has 0 amide bonds. The summed E-state index contributed by atoms with van der Waals surface area (Å²) < 4.78 is 16.4. The molecule has 0 radical (unpaired) electrons. The van der Waals surface area contributed by atoms with E-state index in [1.165, 1.54) is 0 Å². The molecule has 0 unspecified atom stereocenters. The SMILES string of the molecule is CCCCO[C@@H](C)OCc1ccccc1OC. The molecule has 0 fully saturated rings. The molecule has 0 aliphatic heterocycles. The maximum atomic E-state index is 5.61. The Morgan fingerprint density at radius 3 is 2.65 bits per heavy atom. The Morgan fingerprint density at radius 1 is 1.18 bits per heavy atom. The van der Waals surface area contributed by atoms with Crippen LogP contribution in [0.3, 0.4) is 0 Å². The van der Waals surface area contributed by atoms with Gasteiger partial charge in [-0.2, -0.15) is 0 Å². The molecule has 0 spiro atoms. The van der Waals surface area contributed by atoms with E-state index in [0.717, 1.165) is 30.8 Å². The average molecular weight is 238 g/mol. The van der Waals surface area contributed by atoms with E-state index in [2.05, 4.69) is 6.92 Å². The zero-order chi connectivity index (χ0) is 12.5. The minimum absolute atomic E-state index is 0.175. The van der Waals surface area contributed by atoms with Gasteiger partial charge in [-0.25, -0.2) is 0 Å². The summed E-state index contributed by atoms with van der Waals surface area (Å²) in [6.45, 7) is 5.33. The van der Waals surface area contributed by atoms with Gasteiger partial charge in [0.05, 0.1) is 13.7 Å². The molecule has 3 nitrogen and oxygen atoms in total. The van der Waals surface area contributed by atoms with Gasteiger partial charge in [-0.05, 0) is 19.4 Å². The van der Waals surface area contributed by atoms with E-state index in [9.17, 15) is 0 Å². The first-order valence-corrected chi connectivity index (χ1v) is 6.13. The third-order valence-corrected chi connectivity index (χ3v) is 2.52. The Kier molecular flexibility index (Phi) is 6.67. The van der Waals surface area contributed by atoms with Crippen LogP contribution in [0.15, 0.2) is 24.3 Å². The van der Waals surface area contributed by atoms with Crippen LogP contribution in [0.1, 0.15) is 32.3 Å². The van der Waals surface area contributed by atoms with E-state index in [-0.39, 0.29) is 6.29 Å². The van der Waals surface area contributed by atoms with Crippen molar-refractivity contribution in [2.75, 3.05) is 13.7 Å². The largest absolute Gasteiger partial charge is 0.496 e. The standard InChI is InChI=1S/C14H22O3/c1-4-5-10-16-12(2)17-11-13-8-6-7-9-14(13)15-3/h6-9,12H,4-5,10-11H2,1-3H3/t12-/m1/s1. The Morgan fingerprint density at radius 2 is 1.94 bits per heavy atom. The lowest BCUT2D eigenvalue weighted by Crippen LogP contribution is -2.13. The molecule has 17 heavy (non-hydrogen) atoms. The molecule has 1 atom stereocenters. The number of methoxy groups -OCH3 is 1. The highest BCUT2D eigenvalue weighted by Gasteiger charge is 2.05. The summed E-state index contributed by atoms with van der Waals surface area (Å²) in [5, 5.41) is 0. The molecule has 0 bridgehead atoms. The van der Waals surface area contributed by atoms with E-state index < -0.39 is 0 Å². The van der Waals surface area contributed by atoms with Crippen LogP contribution in [-0.4, -0.2) is 20.0 Å². The molecule has 1 aromatic carbocycles. The molecule has 3 heteroatoms. The van der Waals surface area contributed by atoms with Crippen molar-refractivity contribution in [3.05, 3.63) is 29.8 Å². The highest BCUT2D eigenvalue weighted by atomic mass is 16.7. The normalized spacial score (nSPS) is 12.4. The van der Waals surface area contributed by atoms with Crippen LogP contribution < -0.4 is 4.74 Å². The smallest absolute Gasteiger partial charge is 0.155 e. The van der Waals surface area contributed by atoms with Crippen LogP contribution in [0.4, 0.5) is 0 Å². The first kappa shape index (κ1) is 14.0. The second-order valence-corrected chi connectivity index (χ2v) is 3.91. The quantitative estimate of drug-likeness (QED) is 0.513. The first-order valence-electron chi connectivity index (χ1n) is 6.13. The third-order valence-electron chi connectivity index (χ3n) is 2.52. The van der Waals surface area contributed by atoms with Crippen molar-refractivity contribution in [2.24, 2.45) is 0 Å². The van der Waals surface area contributed by atoms with Crippen LogP contribution in [-0.2, 0) is 16.1 Å². The molecule has 0 heterocycles. The Hall–Kier alpha value is -1.06. The monoisotopic (exact) mass is 238 g/mol. The molecule has 0 saturated heterocycles. The van der Waals surface area contributed by atoms with Crippen molar-refractivity contribution >= 4 is 0 Å². The molecule has 96 valence electrons. The second-order valence-electron chi connectivity index (χ2n) is 3.91. The number of ether oxygens (including phenoxy) is 3. The van der Waals surface area contributed by atoms with Crippen LogP contribution in [0.5, 0.6) is 5.75 Å². The number of hydrogen-bond acceptors (Lipinski definition) is 3. The van der Waals surface area contributed by atoms with E-state index in [0.29, 0.717) is 6.61 Å². The summed E-state index contributed by atoms with van der Waals surface area (Å²) in [6.07, 6.45) is 2.04. The molecule has 1 rings (SSSR count). The first-order chi connectivity index (χ1) is 8.27. The van der Waals surface area contributed by atoms with Gasteiger partial charge < -0.3 is 14.2 Å². The highest BCUT2D eigenvalue weighted by Crippen LogP contribution is 2.18. The number of hydrogen-bond donors (Lipinski definition) is 0. The number of benzene rings is 1. The number of unbranched alkanes of at least 4 members (excludes halogenated alkanes) is 1. The van der Waals surface area contributed by atoms with Crippen LogP contribution in [0.25, 0.3) is 0 Å². The zero-order valence-corrected chi connectivity index (χ0v) is 10.9. The summed E-state index contributed by atoms with van der Waals surface area (Å²) in [5.41, 5.74) is 1.04. The second kappa shape index (κ2) is 8.09. The fourth-order valence-electron chi connectivity index (χ4n) is 1.47. The maximum absolute atomic E-state index is 5.61. The lowest BCUT2D eigenvalue weighted by atomic mass is 10.2. The molecular weight excluding hydrogens is 216 g/mol. The Labute approximate surface area is 104 Å². The molecule has 0 saturated carbocycles. The van der Waals surface area contributed by atoms with Crippen molar-refractivity contribution in [1.29, 1.82) is 0 Å². The fraction of sp³-hybridized carbons (Fsp3) is 0.571. The summed E-state index contributed by atoms with van der Waals surface area (Å²) in [7, 11) is 1.67. The van der Waals surface area contributed by atoms with Gasteiger partial charge in [-0.3, -0.25) is 0 Å². The zero-order valence-electron chi connectivity index (χ0n) is 10.9. The lowest BCUT2D eigenvalue weighted by Gasteiger charge is -2.15. The van der Waals surface area contributed by atoms with Gasteiger partial charge in [-0.1, -0.05) is 31.5 Å². The van der Waals surface area contributed by atoms with Gasteiger partial charge >= 0.3 is 0 Å². The van der Waals surface area contributed by atoms with E-state index in [4.69, 9.17) is 14.2 Å². The molecule has 0 aliphatic carbocycles. The van der Waals surface area contributed by atoms with Gasteiger partial charge in [0, 0.05) is 12.2 Å². The van der Waals surface area contributed by atoms with Crippen LogP contribution in [0.2, 0.25) is 0 Å². The van der Waals surface area contributed by atoms with E-state index in [1.54, 1.807) is 7.11 Å². The summed E-state index contributed by atoms with van der Waals surface area (Å²) in [5.74, 6) is 0.855. The molecule has 1 aromatic rings. The van der Waals surface area contributed by atoms with Crippen molar-refractivity contribution in [2.45, 2.75) is 39.6 Å². The fourth-order valence-corrected chi connectivity index (χ4v) is 1.47.